The van der Waals surface area contributed by atoms with Crippen molar-refractivity contribution in [2.75, 3.05) is 4.90 Å². The molecule has 3 aromatic rings. The highest BCUT2D eigenvalue weighted by Gasteiger charge is 2.38. The summed E-state index contributed by atoms with van der Waals surface area (Å²) in [4.78, 5) is 43.2. The van der Waals surface area contributed by atoms with Crippen LogP contribution in [0.4, 0.5) is 10.5 Å². The largest absolute Gasteiger partial charge is 0.336 e. The molecule has 3 heterocycles. The van der Waals surface area contributed by atoms with Crippen molar-refractivity contribution in [3.05, 3.63) is 81.2 Å². The second kappa shape index (κ2) is 8.02. The second-order valence-electron chi connectivity index (χ2n) is 6.88. The number of benzene rings is 1. The van der Waals surface area contributed by atoms with E-state index in [0.717, 1.165) is 16.3 Å². The molecule has 1 fully saturated rings. The Kier molecular flexibility index (Phi) is 5.39. The molecule has 4 amide bonds. The molecule has 0 bridgehead atoms. The molecule has 1 aliphatic heterocycles. The summed E-state index contributed by atoms with van der Waals surface area (Å²) in [5.41, 5.74) is 2.20. The molecular formula is C22H16Cl2N4O3. The number of halogens is 2. The normalized spacial score (nSPS) is 15.5. The minimum atomic E-state index is -0.893. The summed E-state index contributed by atoms with van der Waals surface area (Å²) >= 11 is 12.2. The number of imide groups is 2. The molecule has 7 nitrogen and oxygen atoms in total. The molecule has 1 aliphatic rings. The van der Waals surface area contributed by atoms with Crippen LogP contribution in [0.3, 0.4) is 0 Å². The summed E-state index contributed by atoms with van der Waals surface area (Å²) in [6.45, 7) is 3.75. The molecule has 0 atom stereocenters. The smallest absolute Gasteiger partial charge is 0.303 e. The fourth-order valence-corrected chi connectivity index (χ4v) is 3.85. The van der Waals surface area contributed by atoms with E-state index in [9.17, 15) is 14.4 Å². The lowest BCUT2D eigenvalue weighted by atomic mass is 10.1. The summed E-state index contributed by atoms with van der Waals surface area (Å²) in [5, 5.41) is 2.40. The molecule has 0 spiro atoms. The third kappa shape index (κ3) is 3.62. The number of carbonyl (C=O) groups is 3. The Hall–Kier alpha value is -3.42. The average molecular weight is 455 g/mol. The van der Waals surface area contributed by atoms with E-state index < -0.39 is 17.8 Å². The maximum Gasteiger partial charge on any atom is 0.336 e. The number of nitrogens with one attached hydrogen (secondary N) is 1. The molecule has 1 saturated heterocycles. The number of hydrogen-bond acceptors (Lipinski definition) is 4. The number of anilines is 1. The van der Waals surface area contributed by atoms with Crippen molar-refractivity contribution in [1.29, 1.82) is 0 Å². The molecule has 0 saturated carbocycles. The third-order valence-corrected chi connectivity index (χ3v) is 5.73. The standard InChI is InChI=1S/C22H16Cl2N4O3/c1-12-10-14(13(2)27(12)18-8-3-4-9-25-18)11-15-20(29)26-22(31)28(21(15)30)17-7-5-6-16(23)19(17)24/h3-11H,1-2H3,(H,26,29,31). The van der Waals surface area contributed by atoms with Crippen LogP contribution in [-0.2, 0) is 9.59 Å². The van der Waals surface area contributed by atoms with E-state index in [1.807, 2.05) is 42.7 Å². The van der Waals surface area contributed by atoms with E-state index in [4.69, 9.17) is 23.2 Å². The van der Waals surface area contributed by atoms with Crippen LogP contribution in [0.2, 0.25) is 10.0 Å². The van der Waals surface area contributed by atoms with Gasteiger partial charge in [0.2, 0.25) is 0 Å². The van der Waals surface area contributed by atoms with Crippen molar-refractivity contribution in [2.45, 2.75) is 13.8 Å². The first kappa shape index (κ1) is 20.8. The lowest BCUT2D eigenvalue weighted by Crippen LogP contribution is -2.54. The molecule has 4 rings (SSSR count). The fourth-order valence-electron chi connectivity index (χ4n) is 3.47. The van der Waals surface area contributed by atoms with Gasteiger partial charge in [0.25, 0.3) is 11.8 Å². The summed E-state index contributed by atoms with van der Waals surface area (Å²) in [7, 11) is 0. The van der Waals surface area contributed by atoms with Crippen molar-refractivity contribution < 1.29 is 14.4 Å². The van der Waals surface area contributed by atoms with Gasteiger partial charge in [-0.15, -0.1) is 0 Å². The summed E-state index contributed by atoms with van der Waals surface area (Å²) in [5.74, 6) is -0.864. The number of aromatic nitrogens is 2. The zero-order valence-corrected chi connectivity index (χ0v) is 18.0. The lowest BCUT2D eigenvalue weighted by molar-refractivity contribution is -0.122. The predicted octanol–water partition coefficient (Wildman–Crippen LogP) is 4.46. The van der Waals surface area contributed by atoms with Gasteiger partial charge < -0.3 is 4.57 Å². The maximum atomic E-state index is 13.1. The minimum Gasteiger partial charge on any atom is -0.303 e. The van der Waals surface area contributed by atoms with Gasteiger partial charge in [0.05, 0.1) is 15.7 Å². The number of aryl methyl sites for hydroxylation is 1. The molecule has 0 aliphatic carbocycles. The van der Waals surface area contributed by atoms with E-state index in [1.165, 1.54) is 18.2 Å². The topological polar surface area (TPSA) is 84.3 Å². The van der Waals surface area contributed by atoms with Crippen molar-refractivity contribution >= 4 is 52.8 Å². The Morgan fingerprint density at radius 1 is 1.03 bits per heavy atom. The van der Waals surface area contributed by atoms with Crippen LogP contribution in [0, 0.1) is 13.8 Å². The second-order valence-corrected chi connectivity index (χ2v) is 7.67. The Balaban J connectivity index is 1.79. The summed E-state index contributed by atoms with van der Waals surface area (Å²) in [6, 6.07) is 11.1. The Labute approximate surface area is 187 Å². The Morgan fingerprint density at radius 2 is 1.81 bits per heavy atom. The molecular weight excluding hydrogens is 439 g/mol. The van der Waals surface area contributed by atoms with Crippen LogP contribution in [0.1, 0.15) is 17.0 Å². The van der Waals surface area contributed by atoms with Gasteiger partial charge >= 0.3 is 6.03 Å². The monoisotopic (exact) mass is 454 g/mol. The Bertz CT molecular complexity index is 1270. The Morgan fingerprint density at radius 3 is 2.52 bits per heavy atom. The molecule has 9 heteroatoms. The molecule has 156 valence electrons. The van der Waals surface area contributed by atoms with Gasteiger partial charge in [-0.3, -0.25) is 14.9 Å². The van der Waals surface area contributed by atoms with Gasteiger partial charge in [-0.2, -0.15) is 0 Å². The molecule has 31 heavy (non-hydrogen) atoms. The SMILES string of the molecule is Cc1cc(C=C2C(=O)NC(=O)N(c3cccc(Cl)c3Cl)C2=O)c(C)n1-c1ccccn1. The van der Waals surface area contributed by atoms with Crippen LogP contribution in [-0.4, -0.2) is 27.4 Å². The number of rotatable bonds is 3. The van der Waals surface area contributed by atoms with Crippen molar-refractivity contribution in [3.63, 3.8) is 0 Å². The van der Waals surface area contributed by atoms with Gasteiger partial charge in [0.15, 0.2) is 0 Å². The van der Waals surface area contributed by atoms with E-state index in [0.29, 0.717) is 11.4 Å². The minimum absolute atomic E-state index is 0.0368. The highest BCUT2D eigenvalue weighted by Crippen LogP contribution is 2.34. The van der Waals surface area contributed by atoms with Gasteiger partial charge in [0.1, 0.15) is 11.4 Å². The van der Waals surface area contributed by atoms with Crippen molar-refractivity contribution in [2.24, 2.45) is 0 Å². The van der Waals surface area contributed by atoms with Crippen molar-refractivity contribution in [3.8, 4) is 5.82 Å². The first-order chi connectivity index (χ1) is 14.8. The third-order valence-electron chi connectivity index (χ3n) is 4.92. The number of hydrogen-bond donors (Lipinski definition) is 1. The van der Waals surface area contributed by atoms with Gasteiger partial charge in [-0.05, 0) is 55.8 Å². The van der Waals surface area contributed by atoms with E-state index >= 15 is 0 Å². The molecule has 0 unspecified atom stereocenters. The van der Waals surface area contributed by atoms with Crippen molar-refractivity contribution in [1.82, 2.24) is 14.9 Å². The summed E-state index contributed by atoms with van der Waals surface area (Å²) < 4.78 is 1.91. The highest BCUT2D eigenvalue weighted by molar-refractivity contribution is 6.46. The number of carbonyl (C=O) groups excluding carboxylic acids is 3. The zero-order valence-electron chi connectivity index (χ0n) is 16.5. The van der Waals surface area contributed by atoms with Crippen LogP contribution >= 0.6 is 23.2 Å². The quantitative estimate of drug-likeness (QED) is 0.467. The van der Waals surface area contributed by atoms with Crippen LogP contribution in [0.15, 0.2) is 54.2 Å². The van der Waals surface area contributed by atoms with Gasteiger partial charge in [-0.25, -0.2) is 14.7 Å². The highest BCUT2D eigenvalue weighted by atomic mass is 35.5. The zero-order chi connectivity index (χ0) is 22.3. The molecule has 1 aromatic carbocycles. The van der Waals surface area contributed by atoms with Crippen LogP contribution < -0.4 is 10.2 Å². The van der Waals surface area contributed by atoms with E-state index in [1.54, 1.807) is 12.3 Å². The molecule has 2 aromatic heterocycles. The molecule has 0 radical (unpaired) electrons. The first-order valence-electron chi connectivity index (χ1n) is 9.25. The molecule has 1 N–H and O–H groups in total. The maximum absolute atomic E-state index is 13.1. The number of urea groups is 1. The number of amides is 4. The average Bonchev–Trinajstić information content (AvgIpc) is 3.02. The fraction of sp³-hybridized carbons (Fsp3) is 0.0909. The van der Waals surface area contributed by atoms with Gasteiger partial charge in [-0.1, -0.05) is 35.3 Å². The predicted molar refractivity (Wildman–Crippen MR) is 119 cm³/mol. The summed E-state index contributed by atoms with van der Waals surface area (Å²) in [6.07, 6.45) is 3.14. The van der Waals surface area contributed by atoms with E-state index in [2.05, 4.69) is 10.3 Å². The number of pyridine rings is 1. The van der Waals surface area contributed by atoms with Crippen LogP contribution in [0.5, 0.6) is 0 Å². The lowest BCUT2D eigenvalue weighted by Gasteiger charge is -2.27. The number of nitrogens with zero attached hydrogens (tertiary/aromatic N) is 3. The number of barbiturate groups is 1. The van der Waals surface area contributed by atoms with Crippen LogP contribution in [0.25, 0.3) is 11.9 Å². The van der Waals surface area contributed by atoms with Gasteiger partial charge in [0, 0.05) is 17.6 Å². The first-order valence-corrected chi connectivity index (χ1v) is 10.0. The van der Waals surface area contributed by atoms with E-state index in [-0.39, 0.29) is 21.3 Å².